The highest BCUT2D eigenvalue weighted by Gasteiger charge is 2.08. The second-order valence-electron chi connectivity index (χ2n) is 4.07. The quantitative estimate of drug-likeness (QED) is 0.875. The van der Waals surface area contributed by atoms with E-state index in [4.69, 9.17) is 9.68 Å². The van der Waals surface area contributed by atoms with Crippen molar-refractivity contribution >= 4 is 0 Å². The molecule has 0 aliphatic rings. The number of aromatic nitrogens is 1. The Morgan fingerprint density at radius 2 is 2.41 bits per heavy atom. The minimum Gasteiger partial charge on any atom is -0.468 e. The summed E-state index contributed by atoms with van der Waals surface area (Å²) in [7, 11) is 1.87. The summed E-state index contributed by atoms with van der Waals surface area (Å²) in [5.74, 6) is 0.918. The molecule has 0 aliphatic heterocycles. The summed E-state index contributed by atoms with van der Waals surface area (Å²) in [6.07, 6.45) is 3.63. The predicted molar refractivity (Wildman–Crippen MR) is 64.1 cm³/mol. The Morgan fingerprint density at radius 1 is 1.59 bits per heavy atom. The molecule has 0 saturated heterocycles. The zero-order valence-electron chi connectivity index (χ0n) is 9.97. The first kappa shape index (κ1) is 11.5. The van der Waals surface area contributed by atoms with Crippen LogP contribution >= 0.6 is 0 Å². The number of nitriles is 1. The molecule has 17 heavy (non-hydrogen) atoms. The van der Waals surface area contributed by atoms with Gasteiger partial charge in [-0.25, -0.2) is 0 Å². The molecule has 0 aromatic carbocycles. The lowest BCUT2D eigenvalue weighted by Crippen LogP contribution is -2.17. The van der Waals surface area contributed by atoms with Crippen LogP contribution in [0.5, 0.6) is 0 Å². The van der Waals surface area contributed by atoms with Crippen molar-refractivity contribution in [1.29, 1.82) is 5.26 Å². The number of hydrogen-bond donors (Lipinski definition) is 1. The third-order valence-electron chi connectivity index (χ3n) is 2.76. The maximum atomic E-state index is 8.85. The molecule has 88 valence electrons. The van der Waals surface area contributed by atoms with Gasteiger partial charge in [0.05, 0.1) is 12.3 Å². The Kier molecular flexibility index (Phi) is 3.31. The fourth-order valence-corrected chi connectivity index (χ4v) is 1.75. The van der Waals surface area contributed by atoms with Gasteiger partial charge >= 0.3 is 0 Å². The van der Waals surface area contributed by atoms with Gasteiger partial charge in [0.2, 0.25) is 0 Å². The van der Waals surface area contributed by atoms with Crippen molar-refractivity contribution in [2.24, 2.45) is 7.05 Å². The summed E-state index contributed by atoms with van der Waals surface area (Å²) in [4.78, 5) is 0. The van der Waals surface area contributed by atoms with E-state index < -0.39 is 0 Å². The molecule has 2 heterocycles. The van der Waals surface area contributed by atoms with E-state index in [2.05, 4.69) is 11.4 Å². The molecule has 0 bridgehead atoms. The largest absolute Gasteiger partial charge is 0.468 e. The van der Waals surface area contributed by atoms with E-state index in [-0.39, 0.29) is 6.04 Å². The van der Waals surface area contributed by atoms with Crippen LogP contribution in [-0.4, -0.2) is 4.57 Å². The molecule has 4 nitrogen and oxygen atoms in total. The highest BCUT2D eigenvalue weighted by Crippen LogP contribution is 2.13. The topological polar surface area (TPSA) is 53.9 Å². The zero-order chi connectivity index (χ0) is 12.3. The van der Waals surface area contributed by atoms with Gasteiger partial charge in [-0.05, 0) is 30.7 Å². The van der Waals surface area contributed by atoms with Crippen molar-refractivity contribution in [3.63, 3.8) is 0 Å². The van der Waals surface area contributed by atoms with Crippen molar-refractivity contribution in [3.8, 4) is 6.07 Å². The van der Waals surface area contributed by atoms with Crippen LogP contribution in [0.4, 0.5) is 0 Å². The Morgan fingerprint density at radius 3 is 3.00 bits per heavy atom. The van der Waals surface area contributed by atoms with Gasteiger partial charge in [0.1, 0.15) is 17.5 Å². The summed E-state index contributed by atoms with van der Waals surface area (Å²) < 4.78 is 7.14. The van der Waals surface area contributed by atoms with Gasteiger partial charge in [-0.3, -0.25) is 0 Å². The summed E-state index contributed by atoms with van der Waals surface area (Å²) in [6.45, 7) is 2.77. The lowest BCUT2D eigenvalue weighted by atomic mass is 10.2. The normalized spacial score (nSPS) is 12.3. The molecule has 2 rings (SSSR count). The van der Waals surface area contributed by atoms with Crippen LogP contribution in [0.25, 0.3) is 0 Å². The van der Waals surface area contributed by atoms with E-state index in [0.717, 1.165) is 17.9 Å². The molecular weight excluding hydrogens is 214 g/mol. The van der Waals surface area contributed by atoms with Gasteiger partial charge in [-0.1, -0.05) is 0 Å². The zero-order valence-corrected chi connectivity index (χ0v) is 9.97. The monoisotopic (exact) mass is 229 g/mol. The number of nitrogens with zero attached hydrogens (tertiary/aromatic N) is 2. The molecule has 1 N–H and O–H groups in total. The second-order valence-corrected chi connectivity index (χ2v) is 4.07. The number of hydrogen-bond acceptors (Lipinski definition) is 3. The molecule has 2 aromatic heterocycles. The molecule has 0 radical (unpaired) electrons. The molecule has 0 amide bonds. The lowest BCUT2D eigenvalue weighted by Gasteiger charge is -2.09. The average Bonchev–Trinajstić information content (AvgIpc) is 2.95. The van der Waals surface area contributed by atoms with Crippen molar-refractivity contribution in [3.05, 3.63) is 47.7 Å². The number of furan rings is 1. The fraction of sp³-hybridized carbons (Fsp3) is 0.308. The third-order valence-corrected chi connectivity index (χ3v) is 2.76. The van der Waals surface area contributed by atoms with Crippen molar-refractivity contribution in [1.82, 2.24) is 9.88 Å². The third kappa shape index (κ3) is 2.58. The van der Waals surface area contributed by atoms with E-state index in [9.17, 15) is 0 Å². The standard InChI is InChI=1S/C13H15N3O/c1-10(13-4-3-5-17-13)15-8-11-6-12(7-14)16(2)9-11/h3-6,9-10,15H,8H2,1-2H3/t10-/m0/s1. The summed E-state index contributed by atoms with van der Waals surface area (Å²) in [6, 6.07) is 8.03. The summed E-state index contributed by atoms with van der Waals surface area (Å²) >= 11 is 0. The van der Waals surface area contributed by atoms with Crippen LogP contribution in [0.15, 0.2) is 35.1 Å². The Hall–Kier alpha value is -1.99. The van der Waals surface area contributed by atoms with Gasteiger partial charge in [0.25, 0.3) is 0 Å². The SMILES string of the molecule is C[C@H](NCc1cc(C#N)n(C)c1)c1ccco1. The molecule has 0 aliphatic carbocycles. The maximum Gasteiger partial charge on any atom is 0.120 e. The predicted octanol–water partition coefficient (Wildman–Crippen LogP) is 2.34. The average molecular weight is 229 g/mol. The van der Waals surface area contributed by atoms with Gasteiger partial charge in [-0.2, -0.15) is 5.26 Å². The Labute approximate surface area is 100 Å². The first-order valence-electron chi connectivity index (χ1n) is 5.53. The first-order valence-corrected chi connectivity index (χ1v) is 5.53. The number of aryl methyl sites for hydroxylation is 1. The van der Waals surface area contributed by atoms with Crippen molar-refractivity contribution in [2.45, 2.75) is 19.5 Å². The van der Waals surface area contributed by atoms with Crippen LogP contribution in [0.3, 0.4) is 0 Å². The minimum atomic E-state index is 0.163. The highest BCUT2D eigenvalue weighted by molar-refractivity contribution is 5.28. The fourth-order valence-electron chi connectivity index (χ4n) is 1.75. The van der Waals surface area contributed by atoms with Crippen molar-refractivity contribution in [2.75, 3.05) is 0 Å². The van der Waals surface area contributed by atoms with Crippen LogP contribution < -0.4 is 5.32 Å². The van der Waals surface area contributed by atoms with Gasteiger partial charge in [0.15, 0.2) is 0 Å². The molecule has 4 heteroatoms. The molecule has 0 saturated carbocycles. The van der Waals surface area contributed by atoms with Gasteiger partial charge < -0.3 is 14.3 Å². The van der Waals surface area contributed by atoms with Crippen molar-refractivity contribution < 1.29 is 4.42 Å². The number of nitrogens with one attached hydrogen (secondary N) is 1. The van der Waals surface area contributed by atoms with Crippen LogP contribution in [0, 0.1) is 11.3 Å². The highest BCUT2D eigenvalue weighted by atomic mass is 16.3. The molecular formula is C13H15N3O. The molecule has 2 aromatic rings. The van der Waals surface area contributed by atoms with Crippen LogP contribution in [-0.2, 0) is 13.6 Å². The lowest BCUT2D eigenvalue weighted by molar-refractivity contribution is 0.430. The Balaban J connectivity index is 1.96. The smallest absolute Gasteiger partial charge is 0.120 e. The van der Waals surface area contributed by atoms with E-state index in [1.54, 1.807) is 6.26 Å². The van der Waals surface area contributed by atoms with E-state index in [0.29, 0.717) is 5.69 Å². The second kappa shape index (κ2) is 4.89. The molecule has 0 fully saturated rings. The van der Waals surface area contributed by atoms with Crippen LogP contribution in [0.1, 0.15) is 30.0 Å². The van der Waals surface area contributed by atoms with E-state index in [1.165, 1.54) is 0 Å². The molecule has 0 unspecified atom stereocenters. The summed E-state index contributed by atoms with van der Waals surface area (Å²) in [5, 5.41) is 12.2. The summed E-state index contributed by atoms with van der Waals surface area (Å²) in [5.41, 5.74) is 1.77. The maximum absolute atomic E-state index is 8.85. The van der Waals surface area contributed by atoms with Crippen LogP contribution in [0.2, 0.25) is 0 Å². The number of rotatable bonds is 4. The van der Waals surface area contributed by atoms with E-state index in [1.807, 2.05) is 42.9 Å². The molecule has 0 spiro atoms. The van der Waals surface area contributed by atoms with Gasteiger partial charge in [0, 0.05) is 19.8 Å². The van der Waals surface area contributed by atoms with E-state index >= 15 is 0 Å². The molecule has 1 atom stereocenters. The Bertz CT molecular complexity index is 519. The minimum absolute atomic E-state index is 0.163. The van der Waals surface area contributed by atoms with Gasteiger partial charge in [-0.15, -0.1) is 0 Å². The first-order chi connectivity index (χ1) is 8.20.